The highest BCUT2D eigenvalue weighted by atomic mass is 32.2. The fourth-order valence-electron chi connectivity index (χ4n) is 6.31. The molecule has 278 valence electrons. The SMILES string of the molecule is CCn1c(-c2cc(OS(=O)(=O)c3ccc(C)cc3)c(-c3nc4ccc(OC)cc4n3CC)cc2OS(=O)(=O)c2ccc(C)cc2)nc2cc(OC)ccc21. The molecule has 0 N–H and O–H groups in total. The third-order valence-electron chi connectivity index (χ3n) is 9.13. The Hall–Kier alpha value is -5.86. The van der Waals surface area contributed by atoms with Gasteiger partial charge in [0.2, 0.25) is 0 Å². The molecule has 12 nitrogen and oxygen atoms in total. The summed E-state index contributed by atoms with van der Waals surface area (Å²) >= 11 is 0. The van der Waals surface area contributed by atoms with E-state index in [1.165, 1.54) is 36.4 Å². The van der Waals surface area contributed by atoms with Crippen LogP contribution in [0.25, 0.3) is 44.8 Å². The molecule has 0 unspecified atom stereocenters. The molecule has 2 aromatic heterocycles. The second-order valence-electron chi connectivity index (χ2n) is 12.6. The van der Waals surface area contributed by atoms with Gasteiger partial charge in [-0.1, -0.05) is 35.4 Å². The zero-order valence-electron chi connectivity index (χ0n) is 30.5. The predicted octanol–water partition coefficient (Wildman–Crippen LogP) is 7.93. The van der Waals surface area contributed by atoms with Crippen LogP contribution < -0.4 is 17.8 Å². The lowest BCUT2D eigenvalue weighted by molar-refractivity contribution is 0.415. The zero-order valence-corrected chi connectivity index (χ0v) is 32.2. The van der Waals surface area contributed by atoms with Gasteiger partial charge in [0.25, 0.3) is 0 Å². The molecule has 0 aliphatic heterocycles. The van der Waals surface area contributed by atoms with Crippen molar-refractivity contribution in [2.24, 2.45) is 0 Å². The lowest BCUT2D eigenvalue weighted by atomic mass is 10.1. The van der Waals surface area contributed by atoms with Gasteiger partial charge in [0.05, 0.1) is 47.4 Å². The van der Waals surface area contributed by atoms with E-state index in [2.05, 4.69) is 0 Å². The maximum absolute atomic E-state index is 14.0. The quantitative estimate of drug-likeness (QED) is 0.113. The van der Waals surface area contributed by atoms with Crippen LogP contribution in [0.5, 0.6) is 23.0 Å². The second-order valence-corrected chi connectivity index (χ2v) is 15.7. The van der Waals surface area contributed by atoms with Crippen molar-refractivity contribution in [3.63, 3.8) is 0 Å². The summed E-state index contributed by atoms with van der Waals surface area (Å²) in [5, 5.41) is 0. The Morgan fingerprint density at radius 3 is 1.46 bits per heavy atom. The number of aromatic nitrogens is 4. The molecule has 0 bridgehead atoms. The van der Waals surface area contributed by atoms with Crippen molar-refractivity contribution in [3.8, 4) is 45.8 Å². The van der Waals surface area contributed by atoms with Gasteiger partial charge in [-0.15, -0.1) is 0 Å². The van der Waals surface area contributed by atoms with E-state index in [1.807, 2.05) is 49.0 Å². The summed E-state index contributed by atoms with van der Waals surface area (Å²) in [6.45, 7) is 8.38. The molecule has 0 amide bonds. The number of nitrogens with zero attached hydrogens (tertiary/aromatic N) is 4. The van der Waals surface area contributed by atoms with Crippen LogP contribution in [-0.4, -0.2) is 50.2 Å². The molecule has 0 radical (unpaired) electrons. The Morgan fingerprint density at radius 2 is 0.981 bits per heavy atom. The van der Waals surface area contributed by atoms with Crippen molar-refractivity contribution >= 4 is 42.3 Å². The average molecular weight is 767 g/mol. The molecular weight excluding hydrogens is 729 g/mol. The number of rotatable bonds is 12. The summed E-state index contributed by atoms with van der Waals surface area (Å²) in [6.07, 6.45) is 0. The van der Waals surface area contributed by atoms with Gasteiger partial charge in [0.15, 0.2) is 11.5 Å². The lowest BCUT2D eigenvalue weighted by Gasteiger charge is -2.18. The summed E-state index contributed by atoms with van der Waals surface area (Å²) in [5.74, 6) is 1.57. The fraction of sp³-hybridized carbons (Fsp3) is 0.200. The molecule has 7 rings (SSSR count). The minimum atomic E-state index is -4.42. The van der Waals surface area contributed by atoms with Gasteiger partial charge in [-0.3, -0.25) is 0 Å². The molecule has 0 saturated carbocycles. The van der Waals surface area contributed by atoms with Gasteiger partial charge in [-0.25, -0.2) is 9.97 Å². The Kier molecular flexibility index (Phi) is 9.58. The summed E-state index contributed by atoms with van der Waals surface area (Å²) in [4.78, 5) is 9.66. The minimum Gasteiger partial charge on any atom is -0.497 e. The predicted molar refractivity (Wildman–Crippen MR) is 206 cm³/mol. The monoisotopic (exact) mass is 766 g/mol. The molecule has 0 atom stereocenters. The minimum absolute atomic E-state index is 0.0653. The molecule has 0 saturated heterocycles. The van der Waals surface area contributed by atoms with Crippen LogP contribution in [0.2, 0.25) is 0 Å². The van der Waals surface area contributed by atoms with Gasteiger partial charge in [-0.05, 0) is 88.4 Å². The molecule has 5 aromatic carbocycles. The van der Waals surface area contributed by atoms with E-state index in [1.54, 1.807) is 62.8 Å². The number of benzene rings is 5. The average Bonchev–Trinajstić information content (AvgIpc) is 3.72. The highest BCUT2D eigenvalue weighted by molar-refractivity contribution is 7.87. The first-order valence-corrected chi connectivity index (χ1v) is 20.0. The second kappa shape index (κ2) is 14.2. The third kappa shape index (κ3) is 6.74. The maximum atomic E-state index is 14.0. The van der Waals surface area contributed by atoms with E-state index in [4.69, 9.17) is 27.8 Å². The van der Waals surface area contributed by atoms with Crippen molar-refractivity contribution in [1.82, 2.24) is 19.1 Å². The van der Waals surface area contributed by atoms with Crippen molar-refractivity contribution in [3.05, 3.63) is 108 Å². The van der Waals surface area contributed by atoms with Crippen LogP contribution in [0.15, 0.2) is 107 Å². The van der Waals surface area contributed by atoms with E-state index in [9.17, 15) is 16.8 Å². The Balaban J connectivity index is 1.54. The van der Waals surface area contributed by atoms with E-state index in [0.29, 0.717) is 52.8 Å². The highest BCUT2D eigenvalue weighted by Gasteiger charge is 2.29. The van der Waals surface area contributed by atoms with Gasteiger partial charge in [-0.2, -0.15) is 16.8 Å². The summed E-state index contributed by atoms with van der Waals surface area (Å²) < 4.78 is 82.7. The summed E-state index contributed by atoms with van der Waals surface area (Å²) in [6, 6.07) is 26.3. The van der Waals surface area contributed by atoms with Crippen molar-refractivity contribution in [2.45, 2.75) is 50.6 Å². The van der Waals surface area contributed by atoms with Gasteiger partial charge < -0.3 is 27.0 Å². The molecule has 0 fully saturated rings. The third-order valence-corrected chi connectivity index (χ3v) is 11.6. The van der Waals surface area contributed by atoms with E-state index >= 15 is 0 Å². The largest absolute Gasteiger partial charge is 0.497 e. The number of imidazole rings is 2. The van der Waals surface area contributed by atoms with Crippen molar-refractivity contribution in [2.75, 3.05) is 14.2 Å². The topological polar surface area (TPSA) is 141 Å². The van der Waals surface area contributed by atoms with Crippen LogP contribution in [0.4, 0.5) is 0 Å². The molecule has 0 aliphatic rings. The molecule has 14 heteroatoms. The first-order valence-electron chi connectivity index (χ1n) is 17.2. The number of aryl methyl sites for hydroxylation is 4. The molecule has 2 heterocycles. The van der Waals surface area contributed by atoms with Crippen molar-refractivity contribution in [1.29, 1.82) is 0 Å². The number of methoxy groups -OCH3 is 2. The Labute approximate surface area is 313 Å². The molecule has 0 aliphatic carbocycles. The van der Waals surface area contributed by atoms with E-state index in [-0.39, 0.29) is 32.4 Å². The number of hydrogen-bond donors (Lipinski definition) is 0. The lowest BCUT2D eigenvalue weighted by Crippen LogP contribution is -2.14. The van der Waals surface area contributed by atoms with E-state index < -0.39 is 20.2 Å². The van der Waals surface area contributed by atoms with Crippen LogP contribution in [0.3, 0.4) is 0 Å². The van der Waals surface area contributed by atoms with Crippen molar-refractivity contribution < 1.29 is 34.7 Å². The first kappa shape index (κ1) is 36.5. The zero-order chi connectivity index (χ0) is 38.4. The summed E-state index contributed by atoms with van der Waals surface area (Å²) in [7, 11) is -5.73. The van der Waals surface area contributed by atoms with E-state index in [0.717, 1.165) is 16.6 Å². The van der Waals surface area contributed by atoms with Crippen LogP contribution in [0, 0.1) is 13.8 Å². The van der Waals surface area contributed by atoms with Gasteiger partial charge in [0.1, 0.15) is 32.9 Å². The standard InChI is InChI=1S/C40H38N4O8S2/c1-7-43-35-20-14-27(49-5)21-34(35)42-40(43)32-24-37(51-53(45,46)29-15-9-25(3)10-16-29)31(23-38(32)52-54(47,48)30-17-11-26(4)12-18-30)39-41-33-19-13-28(50-6)22-36(33)44(39)8-2/h9-24H,7-8H2,1-6H3. The number of hydrogen-bond acceptors (Lipinski definition) is 10. The Bertz CT molecular complexity index is 2650. The van der Waals surface area contributed by atoms with Crippen LogP contribution >= 0.6 is 0 Å². The highest BCUT2D eigenvalue weighted by Crippen LogP contribution is 2.44. The summed E-state index contributed by atoms with van der Waals surface area (Å²) in [5.41, 5.74) is 4.69. The maximum Gasteiger partial charge on any atom is 0.339 e. The molecular formula is C40H38N4O8S2. The molecule has 0 spiro atoms. The normalized spacial score (nSPS) is 12.0. The number of ether oxygens (including phenoxy) is 2. The van der Waals surface area contributed by atoms with Crippen LogP contribution in [-0.2, 0) is 33.3 Å². The van der Waals surface area contributed by atoms with Crippen LogP contribution in [0.1, 0.15) is 25.0 Å². The first-order chi connectivity index (χ1) is 25.8. The molecule has 7 aromatic rings. The fourth-order valence-corrected chi connectivity index (χ4v) is 8.19. The smallest absolute Gasteiger partial charge is 0.339 e. The number of fused-ring (bicyclic) bond motifs is 2. The molecule has 54 heavy (non-hydrogen) atoms. The van der Waals surface area contributed by atoms with Gasteiger partial charge >= 0.3 is 20.2 Å². The van der Waals surface area contributed by atoms with Gasteiger partial charge in [0, 0.05) is 25.2 Å². The Morgan fingerprint density at radius 1 is 0.537 bits per heavy atom.